The predicted molar refractivity (Wildman–Crippen MR) is 127 cm³/mol. The molecule has 0 atom stereocenters. The summed E-state index contributed by atoms with van der Waals surface area (Å²) in [4.78, 5) is 23.2. The van der Waals surface area contributed by atoms with E-state index in [4.69, 9.17) is 9.72 Å². The SMILES string of the molecule is CCc1ccc2nc(N(CCCN3CCOCC3)C(=O)/C=C/c3cccs3)sc2c1. The van der Waals surface area contributed by atoms with Crippen molar-refractivity contribution in [3.05, 3.63) is 52.2 Å². The van der Waals surface area contributed by atoms with E-state index < -0.39 is 0 Å². The van der Waals surface area contributed by atoms with Crippen molar-refractivity contribution in [3.8, 4) is 0 Å². The molecule has 5 nitrogen and oxygen atoms in total. The first-order valence-corrected chi connectivity index (χ1v) is 12.1. The Morgan fingerprint density at radius 1 is 1.30 bits per heavy atom. The Labute approximate surface area is 185 Å². The van der Waals surface area contributed by atoms with Gasteiger partial charge in [0.1, 0.15) is 0 Å². The largest absolute Gasteiger partial charge is 0.379 e. The smallest absolute Gasteiger partial charge is 0.252 e. The second-order valence-electron chi connectivity index (χ2n) is 7.30. The van der Waals surface area contributed by atoms with E-state index in [2.05, 4.69) is 30.0 Å². The van der Waals surface area contributed by atoms with Crippen molar-refractivity contribution >= 4 is 50.0 Å². The summed E-state index contributed by atoms with van der Waals surface area (Å²) in [6.45, 7) is 7.30. The maximum absolute atomic E-state index is 13.1. The molecular formula is C23H27N3O2S2. The van der Waals surface area contributed by atoms with E-state index in [1.807, 2.05) is 28.5 Å². The van der Waals surface area contributed by atoms with Gasteiger partial charge in [0, 0.05) is 37.1 Å². The van der Waals surface area contributed by atoms with E-state index in [1.54, 1.807) is 28.7 Å². The van der Waals surface area contributed by atoms with Gasteiger partial charge in [-0.3, -0.25) is 14.6 Å². The van der Waals surface area contributed by atoms with Crippen LogP contribution in [0, 0.1) is 0 Å². The van der Waals surface area contributed by atoms with Gasteiger partial charge in [-0.2, -0.15) is 0 Å². The third-order valence-electron chi connectivity index (χ3n) is 5.24. The van der Waals surface area contributed by atoms with Crippen molar-refractivity contribution < 1.29 is 9.53 Å². The first kappa shape index (κ1) is 21.2. The molecule has 0 aliphatic carbocycles. The van der Waals surface area contributed by atoms with Gasteiger partial charge in [-0.25, -0.2) is 4.98 Å². The van der Waals surface area contributed by atoms with Gasteiger partial charge in [0.2, 0.25) is 0 Å². The van der Waals surface area contributed by atoms with Crippen LogP contribution in [0.25, 0.3) is 16.3 Å². The van der Waals surface area contributed by atoms with Crippen LogP contribution >= 0.6 is 22.7 Å². The molecule has 1 aliphatic heterocycles. The van der Waals surface area contributed by atoms with Crippen molar-refractivity contribution in [1.82, 2.24) is 9.88 Å². The number of aromatic nitrogens is 1. The third kappa shape index (κ3) is 5.35. The lowest BCUT2D eigenvalue weighted by atomic mass is 10.2. The summed E-state index contributed by atoms with van der Waals surface area (Å²) in [5.74, 6) is -0.0138. The van der Waals surface area contributed by atoms with Crippen LogP contribution in [0.3, 0.4) is 0 Å². The Balaban J connectivity index is 1.51. The highest BCUT2D eigenvalue weighted by Crippen LogP contribution is 2.30. The number of thiophene rings is 1. The van der Waals surface area contributed by atoms with Gasteiger partial charge >= 0.3 is 0 Å². The average molecular weight is 442 g/mol. The molecular weight excluding hydrogens is 414 g/mol. The molecule has 1 saturated heterocycles. The third-order valence-corrected chi connectivity index (χ3v) is 7.12. The predicted octanol–water partition coefficient (Wildman–Crippen LogP) is 4.69. The Kier molecular flexibility index (Phi) is 7.28. The number of carbonyl (C=O) groups excluding carboxylic acids is 1. The zero-order chi connectivity index (χ0) is 20.8. The molecule has 0 spiro atoms. The van der Waals surface area contributed by atoms with Crippen LogP contribution in [-0.4, -0.2) is 55.2 Å². The van der Waals surface area contributed by atoms with Gasteiger partial charge in [0.15, 0.2) is 5.13 Å². The molecule has 4 rings (SSSR count). The molecule has 0 radical (unpaired) electrons. The number of amides is 1. The van der Waals surface area contributed by atoms with Gasteiger partial charge < -0.3 is 4.74 Å². The fourth-order valence-electron chi connectivity index (χ4n) is 3.50. The standard InChI is InChI=1S/C23H27N3O2S2/c1-2-18-6-8-20-21(17-18)30-23(24-20)26(11-4-10-25-12-14-28-15-13-25)22(27)9-7-19-5-3-16-29-19/h3,5-9,16-17H,2,4,10-15H2,1H3/b9-7+. The molecule has 7 heteroatoms. The monoisotopic (exact) mass is 441 g/mol. The molecule has 1 fully saturated rings. The summed E-state index contributed by atoms with van der Waals surface area (Å²) in [7, 11) is 0. The molecule has 0 bridgehead atoms. The minimum absolute atomic E-state index is 0.0138. The number of morpholine rings is 1. The Hall–Kier alpha value is -2.06. The quantitative estimate of drug-likeness (QED) is 0.476. The van der Waals surface area contributed by atoms with Crippen LogP contribution < -0.4 is 4.90 Å². The van der Waals surface area contributed by atoms with Crippen molar-refractivity contribution in [1.29, 1.82) is 0 Å². The van der Waals surface area contributed by atoms with Crippen LogP contribution in [0.4, 0.5) is 5.13 Å². The molecule has 0 saturated carbocycles. The van der Waals surface area contributed by atoms with Crippen molar-refractivity contribution in [3.63, 3.8) is 0 Å². The Morgan fingerprint density at radius 2 is 2.17 bits per heavy atom. The van der Waals surface area contributed by atoms with Crippen LogP contribution in [0.2, 0.25) is 0 Å². The number of aryl methyl sites for hydroxylation is 1. The summed E-state index contributed by atoms with van der Waals surface area (Å²) in [5.41, 5.74) is 2.25. The lowest BCUT2D eigenvalue weighted by molar-refractivity contribution is -0.114. The van der Waals surface area contributed by atoms with E-state index in [0.29, 0.717) is 6.54 Å². The van der Waals surface area contributed by atoms with Crippen LogP contribution in [0.15, 0.2) is 41.8 Å². The first-order chi connectivity index (χ1) is 14.7. The zero-order valence-electron chi connectivity index (χ0n) is 17.3. The molecule has 3 aromatic rings. The number of hydrogen-bond acceptors (Lipinski definition) is 6. The maximum atomic E-state index is 13.1. The van der Waals surface area contributed by atoms with Crippen LogP contribution in [-0.2, 0) is 16.0 Å². The number of fused-ring (bicyclic) bond motifs is 1. The maximum Gasteiger partial charge on any atom is 0.252 e. The lowest BCUT2D eigenvalue weighted by Gasteiger charge is -2.27. The number of rotatable bonds is 8. The van der Waals surface area contributed by atoms with E-state index >= 15 is 0 Å². The van der Waals surface area contributed by atoms with Gasteiger partial charge in [-0.1, -0.05) is 30.4 Å². The highest BCUT2D eigenvalue weighted by Gasteiger charge is 2.19. The molecule has 30 heavy (non-hydrogen) atoms. The van der Waals surface area contributed by atoms with Gasteiger partial charge in [-0.15, -0.1) is 11.3 Å². The van der Waals surface area contributed by atoms with Gasteiger partial charge in [-0.05, 0) is 48.1 Å². The number of nitrogens with zero attached hydrogens (tertiary/aromatic N) is 3. The number of thiazole rings is 1. The fraction of sp³-hybridized carbons (Fsp3) is 0.391. The van der Waals surface area contributed by atoms with E-state index in [-0.39, 0.29) is 5.91 Å². The first-order valence-electron chi connectivity index (χ1n) is 10.5. The Bertz CT molecular complexity index is 991. The molecule has 1 aliphatic rings. The van der Waals surface area contributed by atoms with Gasteiger partial charge in [0.25, 0.3) is 5.91 Å². The molecule has 3 heterocycles. The second-order valence-corrected chi connectivity index (χ2v) is 9.29. The summed E-state index contributed by atoms with van der Waals surface area (Å²) >= 11 is 3.23. The Morgan fingerprint density at radius 3 is 2.93 bits per heavy atom. The number of benzene rings is 1. The van der Waals surface area contributed by atoms with Crippen molar-refractivity contribution in [2.24, 2.45) is 0 Å². The van der Waals surface area contributed by atoms with E-state index in [1.165, 1.54) is 5.56 Å². The number of ether oxygens (including phenoxy) is 1. The number of hydrogen-bond donors (Lipinski definition) is 0. The highest BCUT2D eigenvalue weighted by atomic mass is 32.1. The molecule has 1 aromatic carbocycles. The average Bonchev–Trinajstić information content (AvgIpc) is 3.44. The topological polar surface area (TPSA) is 45.7 Å². The summed E-state index contributed by atoms with van der Waals surface area (Å²) in [6, 6.07) is 10.4. The summed E-state index contributed by atoms with van der Waals surface area (Å²) in [6.07, 6.45) is 5.47. The minimum atomic E-state index is -0.0138. The zero-order valence-corrected chi connectivity index (χ0v) is 18.9. The van der Waals surface area contributed by atoms with Crippen LogP contribution in [0.5, 0.6) is 0 Å². The minimum Gasteiger partial charge on any atom is -0.379 e. The van der Waals surface area contributed by atoms with E-state index in [0.717, 1.165) is 65.9 Å². The van der Waals surface area contributed by atoms with Crippen molar-refractivity contribution in [2.75, 3.05) is 44.3 Å². The molecule has 1 amide bonds. The fourth-order valence-corrected chi connectivity index (χ4v) is 5.18. The molecule has 158 valence electrons. The van der Waals surface area contributed by atoms with Crippen molar-refractivity contribution in [2.45, 2.75) is 19.8 Å². The number of anilines is 1. The molecule has 0 unspecified atom stereocenters. The molecule has 2 aromatic heterocycles. The van der Waals surface area contributed by atoms with E-state index in [9.17, 15) is 4.79 Å². The van der Waals surface area contributed by atoms with Gasteiger partial charge in [0.05, 0.1) is 23.4 Å². The number of carbonyl (C=O) groups is 1. The highest BCUT2D eigenvalue weighted by molar-refractivity contribution is 7.22. The summed E-state index contributed by atoms with van der Waals surface area (Å²) < 4.78 is 6.57. The lowest BCUT2D eigenvalue weighted by Crippen LogP contribution is -2.39. The normalized spacial score (nSPS) is 15.2. The summed E-state index contributed by atoms with van der Waals surface area (Å²) in [5, 5.41) is 2.80. The molecule has 0 N–H and O–H groups in total. The van der Waals surface area contributed by atoms with Crippen LogP contribution in [0.1, 0.15) is 23.8 Å². The second kappa shape index (κ2) is 10.3.